The van der Waals surface area contributed by atoms with Crippen molar-refractivity contribution in [1.29, 1.82) is 0 Å². The van der Waals surface area contributed by atoms with E-state index in [0.717, 1.165) is 37.4 Å². The first-order valence-electron chi connectivity index (χ1n) is 13.6. The summed E-state index contributed by atoms with van der Waals surface area (Å²) in [7, 11) is -1.49. The summed E-state index contributed by atoms with van der Waals surface area (Å²) in [6, 6.07) is 4.21. The van der Waals surface area contributed by atoms with E-state index in [2.05, 4.69) is 63.5 Å². The molecule has 14 nitrogen and oxygen atoms in total. The van der Waals surface area contributed by atoms with Crippen molar-refractivity contribution < 1.29 is 10.0 Å². The summed E-state index contributed by atoms with van der Waals surface area (Å²) < 4.78 is 0. The fourth-order valence-electron chi connectivity index (χ4n) is 4.52. The van der Waals surface area contributed by atoms with Gasteiger partial charge in [0.15, 0.2) is 5.82 Å². The third-order valence-electron chi connectivity index (χ3n) is 6.80. The smallest absolute Gasteiger partial charge is 0.423 e. The molecule has 0 aromatic carbocycles. The van der Waals surface area contributed by atoms with E-state index in [-0.39, 0.29) is 12.7 Å². The van der Waals surface area contributed by atoms with Gasteiger partial charge in [0, 0.05) is 67.8 Å². The van der Waals surface area contributed by atoms with Crippen molar-refractivity contribution in [3.63, 3.8) is 0 Å². The van der Waals surface area contributed by atoms with Crippen LogP contribution in [0.15, 0.2) is 49.3 Å². The Labute approximate surface area is 256 Å². The summed E-state index contributed by atoms with van der Waals surface area (Å²) in [5.74, 6) is 2.84. The molecule has 0 unspecified atom stereocenters. The van der Waals surface area contributed by atoms with Crippen molar-refractivity contribution in [1.82, 2.24) is 39.9 Å². The molecule has 6 N–H and O–H groups in total. The largest absolute Gasteiger partial charge is 0.491 e. The minimum Gasteiger partial charge on any atom is -0.423 e. The SMILES string of the molecule is C.C[C@@H]1CCCN1c1ncc(-c2nccc(N)n2)cn1.C[C@@H]1CCCN1c1ncc(B(O)O)cn1.Nc1ccnc(Cl)n1. The van der Waals surface area contributed by atoms with Gasteiger partial charge in [0.1, 0.15) is 11.6 Å². The minimum atomic E-state index is -1.49. The molecular weight excluding hydrogens is 571 g/mol. The van der Waals surface area contributed by atoms with Gasteiger partial charge < -0.3 is 31.3 Å². The number of hydrogen-bond donors (Lipinski definition) is 4. The van der Waals surface area contributed by atoms with E-state index in [1.807, 2.05) is 0 Å². The highest BCUT2D eigenvalue weighted by Gasteiger charge is 2.24. The molecule has 4 aromatic heterocycles. The number of nitrogen functional groups attached to an aromatic ring is 2. The zero-order valence-electron chi connectivity index (χ0n) is 23.5. The number of hydrogen-bond acceptors (Lipinski definition) is 14. The Balaban J connectivity index is 0.000000188. The van der Waals surface area contributed by atoms with Crippen molar-refractivity contribution in [2.45, 2.75) is 59.0 Å². The Morgan fingerprint density at radius 2 is 1.26 bits per heavy atom. The minimum absolute atomic E-state index is 0. The number of rotatable bonds is 4. The standard InChI is InChI=1S/C13H16N6.C9H14BN3O2.C4H4ClN3.CH4/c1-9-3-2-6-19(9)13-16-7-10(8-17-13)12-15-5-4-11(14)18-12;1-7-3-2-4-13(7)9-11-5-8(6-12-9)10(14)15;5-4-7-2-1-3(6)8-4;/h4-5,7-9H,2-3,6H2,1H3,(H2,14,15,18);5-7,14-15H,2-4H2,1H3;1-2H,(H2,6,7,8);1H4/t9-;7-;;/m11../s1. The molecule has 16 heteroatoms. The fourth-order valence-corrected chi connectivity index (χ4v) is 4.67. The van der Waals surface area contributed by atoms with Crippen LogP contribution in [0.5, 0.6) is 0 Å². The molecule has 2 saturated heterocycles. The third-order valence-corrected chi connectivity index (χ3v) is 6.98. The zero-order chi connectivity index (χ0) is 30.1. The molecule has 228 valence electrons. The maximum atomic E-state index is 8.89. The predicted octanol–water partition coefficient (Wildman–Crippen LogP) is 2.00. The van der Waals surface area contributed by atoms with Crippen molar-refractivity contribution in [3.8, 4) is 11.4 Å². The Morgan fingerprint density at radius 1 is 0.767 bits per heavy atom. The quantitative estimate of drug-likeness (QED) is 0.193. The van der Waals surface area contributed by atoms with Gasteiger partial charge in [0.25, 0.3) is 0 Å². The van der Waals surface area contributed by atoms with E-state index < -0.39 is 7.12 Å². The van der Waals surface area contributed by atoms with E-state index in [9.17, 15) is 0 Å². The van der Waals surface area contributed by atoms with Crippen LogP contribution in [0.3, 0.4) is 0 Å². The lowest BCUT2D eigenvalue weighted by molar-refractivity contribution is 0.425. The maximum absolute atomic E-state index is 8.89. The number of nitrogens with two attached hydrogens (primary N) is 2. The zero-order valence-corrected chi connectivity index (χ0v) is 24.2. The molecule has 0 amide bonds. The number of anilines is 4. The first-order valence-corrected chi connectivity index (χ1v) is 14.0. The van der Waals surface area contributed by atoms with Gasteiger partial charge in [-0.3, -0.25) is 0 Å². The van der Waals surface area contributed by atoms with Crippen LogP contribution in [0.1, 0.15) is 47.0 Å². The molecular formula is C27H38BClN12O2. The lowest BCUT2D eigenvalue weighted by Crippen LogP contribution is -2.33. The average molecular weight is 609 g/mol. The van der Waals surface area contributed by atoms with Crippen LogP contribution < -0.4 is 26.7 Å². The van der Waals surface area contributed by atoms with E-state index in [1.54, 1.807) is 30.7 Å². The molecule has 2 atom stereocenters. The Hall–Kier alpha value is -4.21. The molecule has 43 heavy (non-hydrogen) atoms. The first-order chi connectivity index (χ1) is 20.2. The third kappa shape index (κ3) is 9.39. The second-order valence-corrected chi connectivity index (χ2v) is 10.2. The number of nitrogens with zero attached hydrogens (tertiary/aromatic N) is 10. The Morgan fingerprint density at radius 3 is 1.65 bits per heavy atom. The van der Waals surface area contributed by atoms with E-state index in [4.69, 9.17) is 33.1 Å². The highest BCUT2D eigenvalue weighted by Crippen LogP contribution is 2.23. The van der Waals surface area contributed by atoms with Gasteiger partial charge >= 0.3 is 7.12 Å². The molecule has 6 rings (SSSR count). The number of halogens is 1. The van der Waals surface area contributed by atoms with Gasteiger partial charge in [-0.2, -0.15) is 0 Å². The second-order valence-electron chi connectivity index (χ2n) is 9.89. The predicted molar refractivity (Wildman–Crippen MR) is 170 cm³/mol. The normalized spacial score (nSPS) is 17.2. The second kappa shape index (κ2) is 15.9. The highest BCUT2D eigenvalue weighted by atomic mass is 35.5. The Kier molecular flexibility index (Phi) is 12.3. The van der Waals surface area contributed by atoms with Crippen molar-refractivity contribution in [3.05, 3.63) is 54.6 Å². The van der Waals surface area contributed by atoms with Gasteiger partial charge in [0.2, 0.25) is 17.2 Å². The van der Waals surface area contributed by atoms with Crippen molar-refractivity contribution >= 4 is 47.7 Å². The van der Waals surface area contributed by atoms with Crippen LogP contribution in [-0.2, 0) is 0 Å². The van der Waals surface area contributed by atoms with E-state index in [1.165, 1.54) is 31.4 Å². The van der Waals surface area contributed by atoms with Gasteiger partial charge in [-0.25, -0.2) is 39.9 Å². The molecule has 6 heterocycles. The van der Waals surface area contributed by atoms with Crippen LogP contribution in [0.4, 0.5) is 23.5 Å². The molecule has 0 radical (unpaired) electrons. The number of aromatic nitrogens is 8. The van der Waals surface area contributed by atoms with Crippen LogP contribution >= 0.6 is 11.6 Å². The molecule has 2 aliphatic heterocycles. The van der Waals surface area contributed by atoms with Gasteiger partial charge in [-0.15, -0.1) is 0 Å². The summed E-state index contributed by atoms with van der Waals surface area (Å²) in [6.45, 7) is 6.34. The lowest BCUT2D eigenvalue weighted by atomic mass is 9.83. The molecule has 0 saturated carbocycles. The van der Waals surface area contributed by atoms with Crippen molar-refractivity contribution in [2.75, 3.05) is 34.4 Å². The van der Waals surface area contributed by atoms with Crippen LogP contribution in [0.25, 0.3) is 11.4 Å². The topological polar surface area (TPSA) is 202 Å². The molecule has 2 fully saturated rings. The summed E-state index contributed by atoms with van der Waals surface area (Å²) >= 11 is 5.34. The fraction of sp³-hybridized carbons (Fsp3) is 0.407. The Bertz CT molecular complexity index is 1400. The first kappa shape index (κ1) is 33.3. The highest BCUT2D eigenvalue weighted by molar-refractivity contribution is 6.58. The van der Waals surface area contributed by atoms with Gasteiger partial charge in [-0.1, -0.05) is 7.43 Å². The maximum Gasteiger partial charge on any atom is 0.491 e. The van der Waals surface area contributed by atoms with Gasteiger partial charge in [-0.05, 0) is 63.3 Å². The van der Waals surface area contributed by atoms with Crippen LogP contribution in [0, 0.1) is 0 Å². The van der Waals surface area contributed by atoms with Crippen LogP contribution in [-0.4, -0.2) is 82.2 Å². The molecule has 4 aromatic rings. The molecule has 0 aliphatic carbocycles. The van der Waals surface area contributed by atoms with Crippen LogP contribution in [0.2, 0.25) is 5.28 Å². The van der Waals surface area contributed by atoms with Gasteiger partial charge in [0.05, 0.1) is 5.56 Å². The van der Waals surface area contributed by atoms with Crippen molar-refractivity contribution in [2.24, 2.45) is 0 Å². The molecule has 2 aliphatic rings. The van der Waals surface area contributed by atoms with E-state index >= 15 is 0 Å². The van der Waals surface area contributed by atoms with E-state index in [0.29, 0.717) is 41.0 Å². The average Bonchev–Trinajstić information content (AvgIpc) is 3.61. The summed E-state index contributed by atoms with van der Waals surface area (Å²) in [5.41, 5.74) is 12.0. The molecule has 0 bridgehead atoms. The summed E-state index contributed by atoms with van der Waals surface area (Å²) in [6.07, 6.45) is 14.3. The monoisotopic (exact) mass is 608 g/mol. The lowest BCUT2D eigenvalue weighted by Gasteiger charge is -2.20. The molecule has 0 spiro atoms. The summed E-state index contributed by atoms with van der Waals surface area (Å²) in [5, 5.41) is 18.0. The summed E-state index contributed by atoms with van der Waals surface area (Å²) in [4.78, 5) is 37.0.